The Hall–Kier alpha value is -1.37. The molecule has 0 radical (unpaired) electrons. The van der Waals surface area contributed by atoms with Crippen LogP contribution in [-0.4, -0.2) is 5.28 Å². The summed E-state index contributed by atoms with van der Waals surface area (Å²) in [7, 11) is -2.89. The first-order chi connectivity index (χ1) is 10.5. The van der Waals surface area contributed by atoms with Gasteiger partial charge in [0, 0.05) is 10.6 Å². The Bertz CT molecular complexity index is 579. The lowest BCUT2D eigenvalue weighted by atomic mass is 10.1. The second-order valence-electron chi connectivity index (χ2n) is 6.09. The van der Waals surface area contributed by atoms with Gasteiger partial charge in [-0.25, -0.2) is 0 Å². The van der Waals surface area contributed by atoms with Crippen LogP contribution in [0.2, 0.25) is 0 Å². The summed E-state index contributed by atoms with van der Waals surface area (Å²) in [6, 6.07) is 19.4. The van der Waals surface area contributed by atoms with E-state index in [4.69, 9.17) is 5.73 Å². The molecule has 0 aliphatic heterocycles. The van der Waals surface area contributed by atoms with E-state index in [1.807, 2.05) is 67.6 Å². The SMILES string of the molecule is CCCCCC(C)(N)P(=O)(c1ccccc1)c1ccccc1. The maximum Gasteiger partial charge on any atom is 0.161 e. The van der Waals surface area contributed by atoms with Crippen LogP contribution in [-0.2, 0) is 4.57 Å². The van der Waals surface area contributed by atoms with E-state index in [0.717, 1.165) is 36.3 Å². The standard InChI is InChI=1S/C19H26NOP/c1-3-4-11-16-19(2,20)22(21,17-12-7-5-8-13-17)18-14-9-6-10-15-18/h5-10,12-15H,3-4,11,16,20H2,1-2H3. The van der Waals surface area contributed by atoms with Crippen molar-refractivity contribution in [1.82, 2.24) is 0 Å². The lowest BCUT2D eigenvalue weighted by Gasteiger charge is -2.35. The van der Waals surface area contributed by atoms with Gasteiger partial charge in [-0.2, -0.15) is 0 Å². The highest BCUT2D eigenvalue weighted by molar-refractivity contribution is 7.80. The first-order valence-corrected chi connectivity index (χ1v) is 9.73. The van der Waals surface area contributed by atoms with Crippen molar-refractivity contribution in [1.29, 1.82) is 0 Å². The Balaban J connectivity index is 2.49. The third kappa shape index (κ3) is 3.34. The molecule has 0 saturated heterocycles. The normalized spacial score (nSPS) is 14.5. The first-order valence-electron chi connectivity index (χ1n) is 8.02. The highest BCUT2D eigenvalue weighted by Gasteiger charge is 2.43. The quantitative estimate of drug-likeness (QED) is 0.613. The van der Waals surface area contributed by atoms with Gasteiger partial charge in [0.2, 0.25) is 0 Å². The summed E-state index contributed by atoms with van der Waals surface area (Å²) in [6.07, 6.45) is 4.03. The highest BCUT2D eigenvalue weighted by atomic mass is 31.2. The fourth-order valence-corrected chi connectivity index (χ4v) is 6.04. The molecule has 2 nitrogen and oxygen atoms in total. The number of benzene rings is 2. The van der Waals surface area contributed by atoms with E-state index in [2.05, 4.69) is 6.92 Å². The minimum atomic E-state index is -2.89. The molecule has 0 aliphatic carbocycles. The number of rotatable bonds is 7. The van der Waals surface area contributed by atoms with Crippen LogP contribution in [0.3, 0.4) is 0 Å². The molecule has 2 rings (SSSR count). The second-order valence-corrected chi connectivity index (χ2v) is 9.37. The average molecular weight is 315 g/mol. The summed E-state index contributed by atoms with van der Waals surface area (Å²) in [4.78, 5) is 0. The summed E-state index contributed by atoms with van der Waals surface area (Å²) < 4.78 is 14.1. The van der Waals surface area contributed by atoms with E-state index < -0.39 is 12.4 Å². The number of unbranched alkanes of at least 4 members (excludes halogenated alkanes) is 2. The van der Waals surface area contributed by atoms with Crippen LogP contribution in [0.25, 0.3) is 0 Å². The Kier molecular flexibility index (Phi) is 5.61. The molecule has 2 aromatic rings. The molecule has 0 fully saturated rings. The van der Waals surface area contributed by atoms with Crippen LogP contribution in [0, 0.1) is 0 Å². The van der Waals surface area contributed by atoms with Crippen molar-refractivity contribution >= 4 is 17.8 Å². The van der Waals surface area contributed by atoms with Gasteiger partial charge in [-0.1, -0.05) is 86.8 Å². The van der Waals surface area contributed by atoms with Crippen LogP contribution >= 0.6 is 7.14 Å². The largest absolute Gasteiger partial charge is 0.319 e. The molecule has 0 bridgehead atoms. The lowest BCUT2D eigenvalue weighted by Crippen LogP contribution is -2.43. The highest BCUT2D eigenvalue weighted by Crippen LogP contribution is 2.55. The first kappa shape index (κ1) is 17.0. The summed E-state index contributed by atoms with van der Waals surface area (Å²) in [5, 5.41) is 0.968. The fourth-order valence-electron chi connectivity index (χ4n) is 2.91. The third-order valence-electron chi connectivity index (χ3n) is 4.25. The van der Waals surface area contributed by atoms with Gasteiger partial charge < -0.3 is 10.3 Å². The van der Waals surface area contributed by atoms with Gasteiger partial charge in [0.05, 0.1) is 5.28 Å². The molecule has 0 spiro atoms. The van der Waals surface area contributed by atoms with Crippen LogP contribution in [0.15, 0.2) is 60.7 Å². The molecule has 1 atom stereocenters. The molecule has 2 N–H and O–H groups in total. The molecule has 0 aromatic heterocycles. The van der Waals surface area contributed by atoms with Gasteiger partial charge >= 0.3 is 0 Å². The molecular formula is C19H26NOP. The molecule has 118 valence electrons. The van der Waals surface area contributed by atoms with Crippen molar-refractivity contribution < 1.29 is 4.57 Å². The summed E-state index contributed by atoms with van der Waals surface area (Å²) in [5.74, 6) is 0. The van der Waals surface area contributed by atoms with Gasteiger partial charge in [0.25, 0.3) is 0 Å². The zero-order valence-electron chi connectivity index (χ0n) is 13.5. The third-order valence-corrected chi connectivity index (χ3v) is 7.96. The smallest absolute Gasteiger partial charge is 0.161 e. The Morgan fingerprint density at radius 2 is 1.36 bits per heavy atom. The molecule has 0 heterocycles. The van der Waals surface area contributed by atoms with Gasteiger partial charge in [-0.05, 0) is 13.3 Å². The summed E-state index contributed by atoms with van der Waals surface area (Å²) in [6.45, 7) is 4.12. The predicted octanol–water partition coefficient (Wildman–Crippen LogP) is 4.26. The van der Waals surface area contributed by atoms with E-state index in [0.29, 0.717) is 0 Å². The van der Waals surface area contributed by atoms with E-state index >= 15 is 0 Å². The van der Waals surface area contributed by atoms with Crippen LogP contribution < -0.4 is 16.3 Å². The Labute approximate surface area is 134 Å². The zero-order chi connectivity index (χ0) is 16.1. The molecule has 0 saturated carbocycles. The van der Waals surface area contributed by atoms with E-state index in [9.17, 15) is 4.57 Å². The monoisotopic (exact) mass is 315 g/mol. The molecule has 0 aliphatic rings. The van der Waals surface area contributed by atoms with Crippen molar-refractivity contribution in [3.8, 4) is 0 Å². The maximum atomic E-state index is 14.1. The van der Waals surface area contributed by atoms with Crippen molar-refractivity contribution in [3.63, 3.8) is 0 Å². The summed E-state index contributed by atoms with van der Waals surface area (Å²) in [5.41, 5.74) is 6.64. The number of nitrogens with two attached hydrogens (primary N) is 1. The molecule has 0 amide bonds. The van der Waals surface area contributed by atoms with Crippen molar-refractivity contribution in [2.45, 2.75) is 44.8 Å². The van der Waals surface area contributed by atoms with Gasteiger partial charge in [0.1, 0.15) is 0 Å². The summed E-state index contributed by atoms with van der Waals surface area (Å²) >= 11 is 0. The Morgan fingerprint density at radius 1 is 0.909 bits per heavy atom. The average Bonchev–Trinajstić information content (AvgIpc) is 2.55. The second kappa shape index (κ2) is 7.26. The molecule has 1 unspecified atom stereocenters. The van der Waals surface area contributed by atoms with Crippen molar-refractivity contribution in [3.05, 3.63) is 60.7 Å². The molecule has 2 aromatic carbocycles. The topological polar surface area (TPSA) is 43.1 Å². The minimum Gasteiger partial charge on any atom is -0.319 e. The van der Waals surface area contributed by atoms with Gasteiger partial charge in [-0.15, -0.1) is 0 Å². The van der Waals surface area contributed by atoms with E-state index in [-0.39, 0.29) is 0 Å². The lowest BCUT2D eigenvalue weighted by molar-refractivity contribution is 0.503. The minimum absolute atomic E-state index is 0.731. The molecule has 22 heavy (non-hydrogen) atoms. The van der Waals surface area contributed by atoms with Gasteiger partial charge in [0.15, 0.2) is 7.14 Å². The molecular weight excluding hydrogens is 289 g/mol. The Morgan fingerprint density at radius 3 is 1.77 bits per heavy atom. The van der Waals surface area contributed by atoms with Gasteiger partial charge in [-0.3, -0.25) is 0 Å². The van der Waals surface area contributed by atoms with E-state index in [1.54, 1.807) is 0 Å². The van der Waals surface area contributed by atoms with E-state index in [1.165, 1.54) is 0 Å². The zero-order valence-corrected chi connectivity index (χ0v) is 14.4. The van der Waals surface area contributed by atoms with Crippen LogP contribution in [0.1, 0.15) is 39.5 Å². The number of hydrogen-bond acceptors (Lipinski definition) is 2. The fraction of sp³-hybridized carbons (Fsp3) is 0.368. The predicted molar refractivity (Wildman–Crippen MR) is 96.5 cm³/mol. The van der Waals surface area contributed by atoms with Crippen LogP contribution in [0.4, 0.5) is 0 Å². The number of hydrogen-bond donors (Lipinski definition) is 1. The van der Waals surface area contributed by atoms with Crippen molar-refractivity contribution in [2.24, 2.45) is 5.73 Å². The van der Waals surface area contributed by atoms with Crippen LogP contribution in [0.5, 0.6) is 0 Å². The maximum absolute atomic E-state index is 14.1. The van der Waals surface area contributed by atoms with Crippen molar-refractivity contribution in [2.75, 3.05) is 0 Å². The molecule has 3 heteroatoms.